The highest BCUT2D eigenvalue weighted by Crippen LogP contribution is 2.32. The van der Waals surface area contributed by atoms with Crippen LogP contribution in [0.15, 0.2) is 45.6 Å². The summed E-state index contributed by atoms with van der Waals surface area (Å²) < 4.78 is 1.19. The fourth-order valence-corrected chi connectivity index (χ4v) is 3.90. The fraction of sp³-hybridized carbons (Fsp3) is 0.412. The lowest BCUT2D eigenvalue weighted by Gasteiger charge is -2.35. The maximum absolute atomic E-state index is 6.49. The van der Waals surface area contributed by atoms with E-state index in [1.54, 1.807) is 11.3 Å². The largest absolute Gasteiger partial charge is 0.323 e. The zero-order valence-electron chi connectivity index (χ0n) is 12.8. The number of hydrogen-bond donors (Lipinski definition) is 1. The van der Waals surface area contributed by atoms with E-state index in [2.05, 4.69) is 77.4 Å². The number of benzene rings is 1. The van der Waals surface area contributed by atoms with Crippen LogP contribution in [0.1, 0.15) is 31.0 Å². The van der Waals surface area contributed by atoms with Gasteiger partial charge in [0, 0.05) is 19.1 Å². The molecule has 0 saturated carbocycles. The molecule has 114 valence electrons. The minimum Gasteiger partial charge on any atom is -0.323 e. The first-order valence-corrected chi connectivity index (χ1v) is 8.78. The topological polar surface area (TPSA) is 29.3 Å². The van der Waals surface area contributed by atoms with Gasteiger partial charge in [0.15, 0.2) is 0 Å². The smallest absolute Gasteiger partial charge is 0.0701 e. The van der Waals surface area contributed by atoms with Crippen molar-refractivity contribution in [1.29, 1.82) is 0 Å². The maximum atomic E-state index is 6.49. The molecule has 0 aliphatic carbocycles. The molecule has 0 amide bonds. The van der Waals surface area contributed by atoms with E-state index in [1.165, 1.54) is 14.9 Å². The van der Waals surface area contributed by atoms with Crippen molar-refractivity contribution in [3.63, 3.8) is 0 Å². The van der Waals surface area contributed by atoms with Gasteiger partial charge in [0.25, 0.3) is 0 Å². The van der Waals surface area contributed by atoms with Gasteiger partial charge in [-0.1, -0.05) is 44.2 Å². The third kappa shape index (κ3) is 4.65. The highest BCUT2D eigenvalue weighted by Gasteiger charge is 2.29. The van der Waals surface area contributed by atoms with E-state index in [9.17, 15) is 0 Å². The Morgan fingerprint density at radius 1 is 1.29 bits per heavy atom. The van der Waals surface area contributed by atoms with Crippen LogP contribution < -0.4 is 5.73 Å². The van der Waals surface area contributed by atoms with Gasteiger partial charge >= 0.3 is 0 Å². The number of rotatable bonds is 6. The summed E-state index contributed by atoms with van der Waals surface area (Å²) in [6.07, 6.45) is 0. The number of nitrogens with zero attached hydrogens (tertiary/aromatic N) is 1. The molecule has 1 heterocycles. The Hall–Kier alpha value is -0.680. The first-order valence-electron chi connectivity index (χ1n) is 7.10. The maximum Gasteiger partial charge on any atom is 0.0701 e. The molecule has 2 aromatic rings. The van der Waals surface area contributed by atoms with E-state index >= 15 is 0 Å². The SMILES string of the molecule is CN(Cc1csc(Br)c1)CC(C)(C)C(N)c1ccccc1. The highest BCUT2D eigenvalue weighted by molar-refractivity contribution is 9.11. The summed E-state index contributed by atoms with van der Waals surface area (Å²) in [5.41, 5.74) is 9.05. The normalized spacial score (nSPS) is 13.6. The molecule has 1 aromatic heterocycles. The van der Waals surface area contributed by atoms with E-state index < -0.39 is 0 Å². The molecule has 21 heavy (non-hydrogen) atoms. The lowest BCUT2D eigenvalue weighted by molar-refractivity contribution is 0.172. The second-order valence-corrected chi connectivity index (χ2v) is 8.60. The minimum atomic E-state index is 0.0172. The molecule has 0 aliphatic rings. The Balaban J connectivity index is 1.99. The van der Waals surface area contributed by atoms with E-state index in [1.807, 2.05) is 6.07 Å². The van der Waals surface area contributed by atoms with Gasteiger partial charge in [-0.05, 0) is 51.0 Å². The standard InChI is InChI=1S/C17H23BrN2S/c1-17(2,16(19)14-7-5-4-6-8-14)12-20(3)10-13-9-15(18)21-11-13/h4-9,11,16H,10,12,19H2,1-3H3. The van der Waals surface area contributed by atoms with Crippen molar-refractivity contribution in [2.45, 2.75) is 26.4 Å². The first-order chi connectivity index (χ1) is 9.88. The molecule has 2 nitrogen and oxygen atoms in total. The molecule has 1 aromatic carbocycles. The molecule has 1 unspecified atom stereocenters. The molecule has 0 fully saturated rings. The van der Waals surface area contributed by atoms with Crippen molar-refractivity contribution >= 4 is 27.3 Å². The second kappa shape index (κ2) is 7.05. The third-order valence-corrected chi connectivity index (χ3v) is 5.31. The van der Waals surface area contributed by atoms with Crippen molar-refractivity contribution in [3.05, 3.63) is 56.7 Å². The van der Waals surface area contributed by atoms with Gasteiger partial charge in [0.1, 0.15) is 0 Å². The van der Waals surface area contributed by atoms with Crippen LogP contribution in [-0.2, 0) is 6.54 Å². The summed E-state index contributed by atoms with van der Waals surface area (Å²) in [5, 5.41) is 2.20. The van der Waals surface area contributed by atoms with Crippen LogP contribution in [-0.4, -0.2) is 18.5 Å². The van der Waals surface area contributed by atoms with Gasteiger partial charge in [-0.15, -0.1) is 11.3 Å². The molecule has 0 spiro atoms. The fourth-order valence-electron chi connectivity index (χ4n) is 2.70. The Morgan fingerprint density at radius 3 is 2.52 bits per heavy atom. The van der Waals surface area contributed by atoms with E-state index in [0.29, 0.717) is 0 Å². The molecular formula is C17H23BrN2S. The summed E-state index contributed by atoms with van der Waals surface area (Å²) in [5.74, 6) is 0. The predicted octanol–water partition coefficient (Wildman–Crippen LogP) is 4.67. The Morgan fingerprint density at radius 2 is 1.95 bits per heavy atom. The lowest BCUT2D eigenvalue weighted by atomic mass is 9.80. The number of thiophene rings is 1. The summed E-state index contributed by atoms with van der Waals surface area (Å²) >= 11 is 5.25. The molecule has 2 N–H and O–H groups in total. The van der Waals surface area contributed by atoms with Crippen LogP contribution in [0.5, 0.6) is 0 Å². The molecule has 4 heteroatoms. The minimum absolute atomic E-state index is 0.0172. The van der Waals surface area contributed by atoms with Crippen LogP contribution in [0, 0.1) is 5.41 Å². The van der Waals surface area contributed by atoms with Gasteiger partial charge in [-0.2, -0.15) is 0 Å². The second-order valence-electron chi connectivity index (χ2n) is 6.31. The summed E-state index contributed by atoms with van der Waals surface area (Å²) in [6, 6.07) is 12.6. The van der Waals surface area contributed by atoms with Crippen molar-refractivity contribution in [2.75, 3.05) is 13.6 Å². The quantitative estimate of drug-likeness (QED) is 0.804. The number of hydrogen-bond acceptors (Lipinski definition) is 3. The molecule has 1 atom stereocenters. The average Bonchev–Trinajstić information content (AvgIpc) is 2.83. The zero-order valence-corrected chi connectivity index (χ0v) is 15.2. The van der Waals surface area contributed by atoms with Crippen LogP contribution in [0.2, 0.25) is 0 Å². The molecule has 2 rings (SSSR count). The average molecular weight is 367 g/mol. The number of nitrogens with two attached hydrogens (primary N) is 1. The van der Waals surface area contributed by atoms with Crippen LogP contribution in [0.4, 0.5) is 0 Å². The Bertz CT molecular complexity index is 565. The van der Waals surface area contributed by atoms with Crippen LogP contribution >= 0.6 is 27.3 Å². The molecular weight excluding hydrogens is 344 g/mol. The van der Waals surface area contributed by atoms with E-state index in [0.717, 1.165) is 13.1 Å². The van der Waals surface area contributed by atoms with Crippen molar-refractivity contribution in [2.24, 2.45) is 11.1 Å². The third-order valence-electron chi connectivity index (χ3n) is 3.75. The van der Waals surface area contributed by atoms with Gasteiger partial charge in [0.2, 0.25) is 0 Å². The van der Waals surface area contributed by atoms with Gasteiger partial charge < -0.3 is 10.6 Å². The monoisotopic (exact) mass is 366 g/mol. The van der Waals surface area contributed by atoms with E-state index in [4.69, 9.17) is 5.73 Å². The highest BCUT2D eigenvalue weighted by atomic mass is 79.9. The molecule has 0 radical (unpaired) electrons. The molecule has 0 saturated heterocycles. The summed E-state index contributed by atoms with van der Waals surface area (Å²) in [4.78, 5) is 2.34. The Kier molecular flexibility index (Phi) is 5.60. The van der Waals surface area contributed by atoms with Crippen LogP contribution in [0.25, 0.3) is 0 Å². The zero-order chi connectivity index (χ0) is 15.5. The van der Waals surface area contributed by atoms with Gasteiger partial charge in [-0.3, -0.25) is 0 Å². The number of halogens is 1. The molecule has 0 bridgehead atoms. The summed E-state index contributed by atoms with van der Waals surface area (Å²) in [6.45, 7) is 6.39. The Labute approximate surface area is 140 Å². The van der Waals surface area contributed by atoms with Gasteiger partial charge in [-0.25, -0.2) is 0 Å². The van der Waals surface area contributed by atoms with E-state index in [-0.39, 0.29) is 11.5 Å². The molecule has 0 aliphatic heterocycles. The van der Waals surface area contributed by atoms with Crippen molar-refractivity contribution in [1.82, 2.24) is 4.90 Å². The van der Waals surface area contributed by atoms with Crippen molar-refractivity contribution < 1.29 is 0 Å². The van der Waals surface area contributed by atoms with Crippen molar-refractivity contribution in [3.8, 4) is 0 Å². The lowest BCUT2D eigenvalue weighted by Crippen LogP contribution is -2.39. The van der Waals surface area contributed by atoms with Gasteiger partial charge in [0.05, 0.1) is 3.79 Å². The van der Waals surface area contributed by atoms with Crippen LogP contribution in [0.3, 0.4) is 0 Å². The summed E-state index contributed by atoms with van der Waals surface area (Å²) in [7, 11) is 2.16. The first kappa shape index (κ1) is 16.7. The predicted molar refractivity (Wildman–Crippen MR) is 95.5 cm³/mol.